The molecule has 2 heterocycles. The molecule has 6 heteroatoms. The summed E-state index contributed by atoms with van der Waals surface area (Å²) in [5.74, 6) is 1.02. The lowest BCUT2D eigenvalue weighted by molar-refractivity contribution is 0.370. The van der Waals surface area contributed by atoms with Crippen LogP contribution in [0.15, 0.2) is 22.5 Å². The zero-order valence-electron chi connectivity index (χ0n) is 14.2. The number of thiophene rings is 1. The number of guanidine groups is 1. The smallest absolute Gasteiger partial charge is 0.193 e. The Kier molecular flexibility index (Phi) is 6.08. The summed E-state index contributed by atoms with van der Waals surface area (Å²) in [6.45, 7) is 12.5. The van der Waals surface area contributed by atoms with Crippen molar-refractivity contribution in [3.63, 3.8) is 0 Å². The van der Waals surface area contributed by atoms with Crippen molar-refractivity contribution in [1.82, 2.24) is 15.5 Å². The molecule has 0 unspecified atom stereocenters. The number of piperazine rings is 1. The minimum Gasteiger partial charge on any atom is -0.360 e. The summed E-state index contributed by atoms with van der Waals surface area (Å²) in [7, 11) is 1.87. The second-order valence-electron chi connectivity index (χ2n) is 6.58. The summed E-state index contributed by atoms with van der Waals surface area (Å²) in [5, 5.41) is 10.5. The standard InChI is InChI=1S/C16H29N5S/c1-16(2,3)19-8-7-18-15(17-4)21-11-9-20(10-12-21)14-6-5-13-22-14/h5-6,13,19H,7-12H2,1-4H3,(H,17,18). The first-order valence-corrected chi connectivity index (χ1v) is 8.86. The number of nitrogens with zero attached hydrogens (tertiary/aromatic N) is 3. The molecule has 1 aromatic heterocycles. The van der Waals surface area contributed by atoms with Gasteiger partial charge < -0.3 is 20.4 Å². The first-order chi connectivity index (χ1) is 10.5. The van der Waals surface area contributed by atoms with Gasteiger partial charge >= 0.3 is 0 Å². The molecule has 1 aliphatic rings. The molecule has 0 atom stereocenters. The van der Waals surface area contributed by atoms with Crippen LogP contribution in [0.1, 0.15) is 20.8 Å². The Labute approximate surface area is 138 Å². The van der Waals surface area contributed by atoms with E-state index in [1.807, 2.05) is 18.4 Å². The van der Waals surface area contributed by atoms with Gasteiger partial charge in [-0.2, -0.15) is 0 Å². The molecule has 5 nitrogen and oxygen atoms in total. The Balaban J connectivity index is 1.74. The minimum atomic E-state index is 0.164. The highest BCUT2D eigenvalue weighted by molar-refractivity contribution is 7.14. The molecule has 1 aliphatic heterocycles. The first-order valence-electron chi connectivity index (χ1n) is 7.99. The molecular weight excluding hydrogens is 294 g/mol. The van der Waals surface area contributed by atoms with Crippen molar-refractivity contribution in [3.05, 3.63) is 17.5 Å². The van der Waals surface area contributed by atoms with Crippen LogP contribution in [0, 0.1) is 0 Å². The molecule has 1 saturated heterocycles. The summed E-state index contributed by atoms with van der Waals surface area (Å²) < 4.78 is 0. The van der Waals surface area contributed by atoms with Crippen LogP contribution >= 0.6 is 11.3 Å². The van der Waals surface area contributed by atoms with E-state index in [0.717, 1.165) is 45.2 Å². The van der Waals surface area contributed by atoms with E-state index in [1.54, 1.807) is 0 Å². The van der Waals surface area contributed by atoms with Crippen LogP contribution in [-0.2, 0) is 0 Å². The monoisotopic (exact) mass is 323 g/mol. The highest BCUT2D eigenvalue weighted by atomic mass is 32.1. The van der Waals surface area contributed by atoms with Crippen molar-refractivity contribution >= 4 is 22.3 Å². The third kappa shape index (κ3) is 5.18. The highest BCUT2D eigenvalue weighted by Gasteiger charge is 2.20. The fourth-order valence-corrected chi connectivity index (χ4v) is 3.32. The van der Waals surface area contributed by atoms with Gasteiger partial charge in [-0.1, -0.05) is 0 Å². The molecule has 0 saturated carbocycles. The molecule has 2 N–H and O–H groups in total. The predicted octanol–water partition coefficient (Wildman–Crippen LogP) is 1.83. The van der Waals surface area contributed by atoms with Gasteiger partial charge in [0.15, 0.2) is 5.96 Å². The second-order valence-corrected chi connectivity index (χ2v) is 7.50. The quantitative estimate of drug-likeness (QED) is 0.504. The molecule has 124 valence electrons. The Morgan fingerprint density at radius 2 is 1.95 bits per heavy atom. The van der Waals surface area contributed by atoms with Crippen molar-refractivity contribution in [2.45, 2.75) is 26.3 Å². The number of rotatable bonds is 4. The number of aliphatic imine (C=N–C) groups is 1. The maximum atomic E-state index is 4.42. The maximum Gasteiger partial charge on any atom is 0.193 e. The average Bonchev–Trinajstić information content (AvgIpc) is 3.01. The Morgan fingerprint density at radius 1 is 1.23 bits per heavy atom. The van der Waals surface area contributed by atoms with Crippen LogP contribution < -0.4 is 15.5 Å². The average molecular weight is 324 g/mol. The van der Waals surface area contributed by atoms with E-state index in [2.05, 4.69) is 63.7 Å². The van der Waals surface area contributed by atoms with Gasteiger partial charge in [0.1, 0.15) is 0 Å². The molecule has 2 rings (SSSR count). The largest absolute Gasteiger partial charge is 0.360 e. The fourth-order valence-electron chi connectivity index (χ4n) is 2.53. The zero-order valence-corrected chi connectivity index (χ0v) is 15.0. The van der Waals surface area contributed by atoms with Gasteiger partial charge in [0.05, 0.1) is 5.00 Å². The molecule has 0 spiro atoms. The number of hydrogen-bond acceptors (Lipinski definition) is 4. The summed E-state index contributed by atoms with van der Waals surface area (Å²) in [6, 6.07) is 4.32. The van der Waals surface area contributed by atoms with Crippen LogP contribution in [0.3, 0.4) is 0 Å². The highest BCUT2D eigenvalue weighted by Crippen LogP contribution is 2.22. The second kappa shape index (κ2) is 7.83. The maximum absolute atomic E-state index is 4.42. The van der Waals surface area contributed by atoms with Gasteiger partial charge in [0, 0.05) is 51.9 Å². The van der Waals surface area contributed by atoms with Gasteiger partial charge in [0.2, 0.25) is 0 Å². The molecule has 1 aromatic rings. The van der Waals surface area contributed by atoms with Crippen molar-refractivity contribution in [3.8, 4) is 0 Å². The number of anilines is 1. The van der Waals surface area contributed by atoms with E-state index in [9.17, 15) is 0 Å². The molecule has 0 aromatic carbocycles. The SMILES string of the molecule is CN=C(NCCNC(C)(C)C)N1CCN(c2cccs2)CC1. The molecule has 0 aliphatic carbocycles. The van der Waals surface area contributed by atoms with E-state index < -0.39 is 0 Å². The molecule has 0 amide bonds. The summed E-state index contributed by atoms with van der Waals surface area (Å²) in [6.07, 6.45) is 0. The molecule has 0 radical (unpaired) electrons. The Bertz CT molecular complexity index is 455. The third-order valence-corrected chi connectivity index (χ3v) is 4.60. The van der Waals surface area contributed by atoms with Gasteiger partial charge in [-0.15, -0.1) is 11.3 Å². The molecule has 1 fully saturated rings. The first kappa shape index (κ1) is 17.1. The fraction of sp³-hybridized carbons (Fsp3) is 0.688. The van der Waals surface area contributed by atoms with Crippen LogP contribution in [0.2, 0.25) is 0 Å². The lowest BCUT2D eigenvalue weighted by Gasteiger charge is -2.37. The molecule has 0 bridgehead atoms. The van der Waals surface area contributed by atoms with Crippen LogP contribution in [0.25, 0.3) is 0 Å². The lowest BCUT2D eigenvalue weighted by Crippen LogP contribution is -2.53. The van der Waals surface area contributed by atoms with Crippen LogP contribution in [0.4, 0.5) is 5.00 Å². The summed E-state index contributed by atoms with van der Waals surface area (Å²) >= 11 is 1.82. The number of nitrogens with one attached hydrogen (secondary N) is 2. The van der Waals surface area contributed by atoms with Crippen molar-refractivity contribution < 1.29 is 0 Å². The normalized spacial score (nSPS) is 17.0. The number of hydrogen-bond donors (Lipinski definition) is 2. The summed E-state index contributed by atoms with van der Waals surface area (Å²) in [5.41, 5.74) is 0.164. The Morgan fingerprint density at radius 3 is 2.50 bits per heavy atom. The summed E-state index contributed by atoms with van der Waals surface area (Å²) in [4.78, 5) is 9.22. The predicted molar refractivity (Wildman–Crippen MR) is 97.2 cm³/mol. The third-order valence-electron chi connectivity index (χ3n) is 3.67. The topological polar surface area (TPSA) is 42.9 Å². The van der Waals surface area contributed by atoms with E-state index in [-0.39, 0.29) is 5.54 Å². The van der Waals surface area contributed by atoms with Crippen molar-refractivity contribution in [2.24, 2.45) is 4.99 Å². The van der Waals surface area contributed by atoms with E-state index in [4.69, 9.17) is 0 Å². The van der Waals surface area contributed by atoms with E-state index in [1.165, 1.54) is 5.00 Å². The van der Waals surface area contributed by atoms with E-state index >= 15 is 0 Å². The van der Waals surface area contributed by atoms with Crippen molar-refractivity contribution in [1.29, 1.82) is 0 Å². The molecular formula is C16H29N5S. The van der Waals surface area contributed by atoms with Gasteiger partial charge in [-0.05, 0) is 38.3 Å². The van der Waals surface area contributed by atoms with Crippen LogP contribution in [0.5, 0.6) is 0 Å². The lowest BCUT2D eigenvalue weighted by atomic mass is 10.1. The van der Waals surface area contributed by atoms with Crippen molar-refractivity contribution in [2.75, 3.05) is 51.2 Å². The Hall–Kier alpha value is -1.27. The van der Waals surface area contributed by atoms with Gasteiger partial charge in [-0.3, -0.25) is 4.99 Å². The van der Waals surface area contributed by atoms with E-state index in [0.29, 0.717) is 0 Å². The van der Waals surface area contributed by atoms with Crippen LogP contribution in [-0.4, -0.2) is 62.7 Å². The van der Waals surface area contributed by atoms with Gasteiger partial charge in [-0.25, -0.2) is 0 Å². The minimum absolute atomic E-state index is 0.164. The zero-order chi connectivity index (χ0) is 16.0. The molecule has 22 heavy (non-hydrogen) atoms. The van der Waals surface area contributed by atoms with Gasteiger partial charge in [0.25, 0.3) is 0 Å².